The van der Waals surface area contributed by atoms with E-state index in [2.05, 4.69) is 17.2 Å². The molecule has 1 aromatic rings. The molecule has 0 radical (unpaired) electrons. The van der Waals surface area contributed by atoms with E-state index in [0.717, 1.165) is 19.6 Å². The largest absolute Gasteiger partial charge is 0.370 e. The van der Waals surface area contributed by atoms with Crippen LogP contribution < -0.4 is 5.32 Å². The van der Waals surface area contributed by atoms with Crippen molar-refractivity contribution in [3.63, 3.8) is 0 Å². The van der Waals surface area contributed by atoms with Gasteiger partial charge < -0.3 is 14.6 Å². The fourth-order valence-corrected chi connectivity index (χ4v) is 1.94. The Kier molecular flexibility index (Phi) is 2.84. The zero-order chi connectivity index (χ0) is 9.97. The molecule has 2 rings (SSSR count). The Bertz CT molecular complexity index is 297. The summed E-state index contributed by atoms with van der Waals surface area (Å²) < 4.78 is 7.75. The summed E-state index contributed by atoms with van der Waals surface area (Å²) in [5.74, 6) is 0. The second-order valence-corrected chi connectivity index (χ2v) is 3.74. The summed E-state index contributed by atoms with van der Waals surface area (Å²) in [6.07, 6.45) is 4.97. The molecule has 1 N–H and O–H groups in total. The SMILES string of the molecule is CCNC1COC(c2cncn2C)C1. The van der Waals surface area contributed by atoms with Crippen LogP contribution in [0.4, 0.5) is 0 Å². The molecule has 1 saturated heterocycles. The Morgan fingerprint density at radius 3 is 3.21 bits per heavy atom. The average Bonchev–Trinajstić information content (AvgIpc) is 2.74. The van der Waals surface area contributed by atoms with Crippen molar-refractivity contribution in [3.05, 3.63) is 18.2 Å². The maximum absolute atomic E-state index is 5.72. The molecule has 1 aliphatic rings. The van der Waals surface area contributed by atoms with Gasteiger partial charge in [-0.05, 0) is 13.0 Å². The van der Waals surface area contributed by atoms with E-state index in [0.29, 0.717) is 6.04 Å². The van der Waals surface area contributed by atoms with E-state index >= 15 is 0 Å². The van der Waals surface area contributed by atoms with Crippen molar-refractivity contribution in [2.24, 2.45) is 7.05 Å². The molecule has 0 aliphatic carbocycles. The van der Waals surface area contributed by atoms with Gasteiger partial charge in [0, 0.05) is 13.1 Å². The van der Waals surface area contributed by atoms with Gasteiger partial charge in [0.15, 0.2) is 0 Å². The Labute approximate surface area is 84.3 Å². The van der Waals surface area contributed by atoms with Crippen molar-refractivity contribution < 1.29 is 4.74 Å². The molecule has 0 amide bonds. The highest BCUT2D eigenvalue weighted by Crippen LogP contribution is 2.27. The molecule has 0 bridgehead atoms. The molecule has 1 fully saturated rings. The van der Waals surface area contributed by atoms with Crippen molar-refractivity contribution in [1.82, 2.24) is 14.9 Å². The van der Waals surface area contributed by atoms with Gasteiger partial charge in [-0.15, -0.1) is 0 Å². The lowest BCUT2D eigenvalue weighted by Gasteiger charge is -2.10. The number of hydrogen-bond acceptors (Lipinski definition) is 3. The van der Waals surface area contributed by atoms with Gasteiger partial charge in [-0.2, -0.15) is 0 Å². The molecule has 2 atom stereocenters. The highest BCUT2D eigenvalue weighted by molar-refractivity contribution is 5.05. The predicted octanol–water partition coefficient (Wildman–Crippen LogP) is 0.860. The van der Waals surface area contributed by atoms with Crippen LogP contribution in [0.3, 0.4) is 0 Å². The van der Waals surface area contributed by atoms with Crippen LogP contribution in [0.2, 0.25) is 0 Å². The zero-order valence-electron chi connectivity index (χ0n) is 8.73. The third kappa shape index (κ3) is 1.81. The summed E-state index contributed by atoms with van der Waals surface area (Å²) in [6.45, 7) is 3.94. The van der Waals surface area contributed by atoms with E-state index in [9.17, 15) is 0 Å². The molecule has 0 spiro atoms. The number of rotatable bonds is 3. The van der Waals surface area contributed by atoms with Crippen LogP contribution in [-0.4, -0.2) is 28.7 Å². The van der Waals surface area contributed by atoms with E-state index in [4.69, 9.17) is 4.74 Å². The number of nitrogens with zero attached hydrogens (tertiary/aromatic N) is 2. The minimum absolute atomic E-state index is 0.214. The highest BCUT2D eigenvalue weighted by atomic mass is 16.5. The van der Waals surface area contributed by atoms with Gasteiger partial charge in [-0.25, -0.2) is 4.98 Å². The van der Waals surface area contributed by atoms with Gasteiger partial charge >= 0.3 is 0 Å². The number of imidazole rings is 1. The molecule has 78 valence electrons. The van der Waals surface area contributed by atoms with E-state index in [-0.39, 0.29) is 6.10 Å². The Hall–Kier alpha value is -0.870. The van der Waals surface area contributed by atoms with E-state index in [1.807, 2.05) is 24.1 Å². The monoisotopic (exact) mass is 195 g/mol. The van der Waals surface area contributed by atoms with Crippen molar-refractivity contribution in [2.45, 2.75) is 25.5 Å². The number of nitrogens with one attached hydrogen (secondary N) is 1. The maximum Gasteiger partial charge on any atom is 0.101 e. The van der Waals surface area contributed by atoms with Crippen LogP contribution in [0.1, 0.15) is 25.1 Å². The van der Waals surface area contributed by atoms with E-state index in [1.54, 1.807) is 0 Å². The van der Waals surface area contributed by atoms with Crippen molar-refractivity contribution in [1.29, 1.82) is 0 Å². The quantitative estimate of drug-likeness (QED) is 0.777. The Morgan fingerprint density at radius 2 is 2.57 bits per heavy atom. The molecular weight excluding hydrogens is 178 g/mol. The van der Waals surface area contributed by atoms with Gasteiger partial charge in [0.25, 0.3) is 0 Å². The van der Waals surface area contributed by atoms with Crippen LogP contribution >= 0.6 is 0 Å². The molecule has 0 saturated carbocycles. The molecule has 0 aromatic carbocycles. The zero-order valence-corrected chi connectivity index (χ0v) is 8.73. The van der Waals surface area contributed by atoms with Crippen LogP contribution in [-0.2, 0) is 11.8 Å². The van der Waals surface area contributed by atoms with Crippen LogP contribution in [0.25, 0.3) is 0 Å². The molecular formula is C10H17N3O. The summed E-state index contributed by atoms with van der Waals surface area (Å²) in [6, 6.07) is 0.500. The van der Waals surface area contributed by atoms with Gasteiger partial charge in [-0.1, -0.05) is 6.92 Å². The second-order valence-electron chi connectivity index (χ2n) is 3.74. The minimum atomic E-state index is 0.214. The Balaban J connectivity index is 1.99. The summed E-state index contributed by atoms with van der Waals surface area (Å²) in [5, 5.41) is 3.40. The first-order valence-corrected chi connectivity index (χ1v) is 5.12. The highest BCUT2D eigenvalue weighted by Gasteiger charge is 2.27. The predicted molar refractivity (Wildman–Crippen MR) is 54.0 cm³/mol. The first kappa shape index (κ1) is 9.68. The lowest BCUT2D eigenvalue weighted by atomic mass is 10.1. The molecule has 2 heterocycles. The van der Waals surface area contributed by atoms with Gasteiger partial charge in [0.1, 0.15) is 6.10 Å². The van der Waals surface area contributed by atoms with Crippen LogP contribution in [0.5, 0.6) is 0 Å². The van der Waals surface area contributed by atoms with Crippen molar-refractivity contribution in [3.8, 4) is 0 Å². The third-order valence-corrected chi connectivity index (χ3v) is 2.67. The summed E-state index contributed by atoms with van der Waals surface area (Å²) in [7, 11) is 2.01. The molecule has 4 heteroatoms. The standard InChI is InChI=1S/C10H17N3O/c1-3-12-8-4-10(14-6-8)9-5-11-7-13(9)2/h5,7-8,10,12H,3-4,6H2,1-2H3. The first-order valence-electron chi connectivity index (χ1n) is 5.12. The lowest BCUT2D eigenvalue weighted by molar-refractivity contribution is 0.104. The van der Waals surface area contributed by atoms with Gasteiger partial charge in [0.2, 0.25) is 0 Å². The first-order chi connectivity index (χ1) is 6.81. The summed E-state index contributed by atoms with van der Waals surface area (Å²) >= 11 is 0. The average molecular weight is 195 g/mol. The molecule has 1 aliphatic heterocycles. The maximum atomic E-state index is 5.72. The molecule has 1 aromatic heterocycles. The smallest absolute Gasteiger partial charge is 0.101 e. The van der Waals surface area contributed by atoms with E-state index in [1.165, 1.54) is 5.69 Å². The number of aromatic nitrogens is 2. The fourth-order valence-electron chi connectivity index (χ4n) is 1.94. The van der Waals surface area contributed by atoms with Crippen molar-refractivity contribution in [2.75, 3.05) is 13.2 Å². The van der Waals surface area contributed by atoms with Crippen LogP contribution in [0.15, 0.2) is 12.5 Å². The normalized spacial score (nSPS) is 27.0. The molecule has 2 unspecified atom stereocenters. The Morgan fingerprint density at radius 1 is 1.71 bits per heavy atom. The number of likely N-dealkylation sites (N-methyl/N-ethyl adjacent to an activating group) is 1. The molecule has 14 heavy (non-hydrogen) atoms. The van der Waals surface area contributed by atoms with Gasteiger partial charge in [0.05, 0.1) is 24.8 Å². The fraction of sp³-hybridized carbons (Fsp3) is 0.700. The summed E-state index contributed by atoms with van der Waals surface area (Å²) in [4.78, 5) is 4.10. The molecule has 4 nitrogen and oxygen atoms in total. The topological polar surface area (TPSA) is 39.1 Å². The lowest BCUT2D eigenvalue weighted by Crippen LogP contribution is -2.28. The minimum Gasteiger partial charge on any atom is -0.370 e. The van der Waals surface area contributed by atoms with Crippen molar-refractivity contribution >= 4 is 0 Å². The third-order valence-electron chi connectivity index (χ3n) is 2.67. The number of hydrogen-bond donors (Lipinski definition) is 1. The van der Waals surface area contributed by atoms with Crippen LogP contribution in [0, 0.1) is 0 Å². The number of aryl methyl sites for hydroxylation is 1. The van der Waals surface area contributed by atoms with Gasteiger partial charge in [-0.3, -0.25) is 0 Å². The van der Waals surface area contributed by atoms with E-state index < -0.39 is 0 Å². The second kappa shape index (κ2) is 4.11. The number of ether oxygens (including phenoxy) is 1. The summed E-state index contributed by atoms with van der Waals surface area (Å²) in [5.41, 5.74) is 1.17.